The van der Waals surface area contributed by atoms with E-state index in [4.69, 9.17) is 0 Å². The zero-order valence-electron chi connectivity index (χ0n) is 10.7. The van der Waals surface area contributed by atoms with Crippen LogP contribution in [0.25, 0.3) is 0 Å². The Hall–Kier alpha value is -2.14. The molecular formula is C13H16N4O. The molecule has 0 saturated heterocycles. The molecule has 0 atom stereocenters. The molecule has 2 aromatic rings. The SMILES string of the molecule is Cc1cc(C)cc(C(=Nc2cc(C)[nH]n2)NO)c1. The number of aromatic nitrogens is 2. The number of hydrogen-bond acceptors (Lipinski definition) is 3. The molecule has 1 heterocycles. The first-order valence-corrected chi connectivity index (χ1v) is 5.68. The maximum Gasteiger partial charge on any atom is 0.176 e. The van der Waals surface area contributed by atoms with E-state index in [-0.39, 0.29) is 0 Å². The van der Waals surface area contributed by atoms with Crippen molar-refractivity contribution in [1.82, 2.24) is 15.7 Å². The highest BCUT2D eigenvalue weighted by Crippen LogP contribution is 2.13. The fourth-order valence-electron chi connectivity index (χ4n) is 1.84. The van der Waals surface area contributed by atoms with E-state index in [1.54, 1.807) is 6.07 Å². The van der Waals surface area contributed by atoms with Crippen LogP contribution in [0.3, 0.4) is 0 Å². The Morgan fingerprint density at radius 2 is 1.83 bits per heavy atom. The molecular weight excluding hydrogens is 228 g/mol. The van der Waals surface area contributed by atoms with Crippen molar-refractivity contribution in [2.45, 2.75) is 20.8 Å². The first-order chi connectivity index (χ1) is 8.58. The highest BCUT2D eigenvalue weighted by Gasteiger charge is 2.05. The maximum absolute atomic E-state index is 9.21. The summed E-state index contributed by atoms with van der Waals surface area (Å²) in [5, 5.41) is 16.0. The van der Waals surface area contributed by atoms with Gasteiger partial charge in [-0.05, 0) is 32.9 Å². The standard InChI is InChI=1S/C13H16N4O/c1-8-4-9(2)6-11(5-8)13(17-18)14-12-7-10(3)15-16-12/h4-7,18H,1-3H3,(H2,14,15,16,17). The first-order valence-electron chi connectivity index (χ1n) is 5.68. The summed E-state index contributed by atoms with van der Waals surface area (Å²) >= 11 is 0. The van der Waals surface area contributed by atoms with Gasteiger partial charge in [0, 0.05) is 17.3 Å². The summed E-state index contributed by atoms with van der Waals surface area (Å²) in [6, 6.07) is 7.78. The van der Waals surface area contributed by atoms with Crippen LogP contribution < -0.4 is 5.48 Å². The van der Waals surface area contributed by atoms with Crippen LogP contribution >= 0.6 is 0 Å². The summed E-state index contributed by atoms with van der Waals surface area (Å²) in [6.45, 7) is 5.91. The van der Waals surface area contributed by atoms with Crippen molar-refractivity contribution in [3.05, 3.63) is 46.6 Å². The van der Waals surface area contributed by atoms with Gasteiger partial charge < -0.3 is 0 Å². The minimum absolute atomic E-state index is 0.383. The molecule has 94 valence electrons. The summed E-state index contributed by atoms with van der Waals surface area (Å²) in [5.74, 6) is 0.913. The van der Waals surface area contributed by atoms with Crippen LogP contribution in [0.1, 0.15) is 22.4 Å². The molecule has 0 fully saturated rings. The summed E-state index contributed by atoms with van der Waals surface area (Å²) in [6.07, 6.45) is 0. The van der Waals surface area contributed by atoms with E-state index in [0.29, 0.717) is 11.7 Å². The van der Waals surface area contributed by atoms with Crippen LogP contribution in [-0.2, 0) is 0 Å². The molecule has 1 aromatic carbocycles. The Morgan fingerprint density at radius 3 is 2.33 bits per heavy atom. The number of hydrogen-bond donors (Lipinski definition) is 3. The number of hydroxylamine groups is 1. The summed E-state index contributed by atoms with van der Waals surface area (Å²) < 4.78 is 0. The van der Waals surface area contributed by atoms with E-state index in [1.165, 1.54) is 0 Å². The second-order valence-corrected chi connectivity index (χ2v) is 4.36. The predicted molar refractivity (Wildman–Crippen MR) is 70.4 cm³/mol. The number of aliphatic imine (C=N–C) groups is 1. The van der Waals surface area contributed by atoms with Crippen LogP contribution in [0.5, 0.6) is 0 Å². The quantitative estimate of drug-likeness (QED) is 0.431. The van der Waals surface area contributed by atoms with E-state index in [2.05, 4.69) is 26.7 Å². The first kappa shape index (κ1) is 12.3. The molecule has 5 nitrogen and oxygen atoms in total. The van der Waals surface area contributed by atoms with Gasteiger partial charge in [-0.15, -0.1) is 0 Å². The number of H-pyrrole nitrogens is 1. The molecule has 0 unspecified atom stereocenters. The third kappa shape index (κ3) is 2.75. The van der Waals surface area contributed by atoms with Gasteiger partial charge in [0.2, 0.25) is 0 Å². The lowest BCUT2D eigenvalue weighted by Gasteiger charge is -2.06. The van der Waals surface area contributed by atoms with Gasteiger partial charge in [-0.1, -0.05) is 17.2 Å². The van der Waals surface area contributed by atoms with Gasteiger partial charge in [0.15, 0.2) is 11.7 Å². The van der Waals surface area contributed by atoms with Crippen molar-refractivity contribution in [3.63, 3.8) is 0 Å². The normalized spacial score (nSPS) is 11.7. The number of rotatable bonds is 2. The highest BCUT2D eigenvalue weighted by molar-refractivity contribution is 5.99. The number of nitrogens with zero attached hydrogens (tertiary/aromatic N) is 2. The van der Waals surface area contributed by atoms with E-state index in [9.17, 15) is 5.21 Å². The number of amidine groups is 1. The molecule has 0 aliphatic heterocycles. The summed E-state index contributed by atoms with van der Waals surface area (Å²) in [5.41, 5.74) is 6.11. The molecule has 0 aliphatic rings. The number of aromatic amines is 1. The Kier molecular flexibility index (Phi) is 3.43. The van der Waals surface area contributed by atoms with Crippen molar-refractivity contribution in [2.24, 2.45) is 4.99 Å². The molecule has 3 N–H and O–H groups in total. The van der Waals surface area contributed by atoms with Crippen molar-refractivity contribution in [2.75, 3.05) is 0 Å². The molecule has 5 heteroatoms. The Bertz CT molecular complexity index is 566. The lowest BCUT2D eigenvalue weighted by Crippen LogP contribution is -2.20. The van der Waals surface area contributed by atoms with E-state index in [0.717, 1.165) is 22.4 Å². The molecule has 1 aromatic heterocycles. The largest absolute Gasteiger partial charge is 0.290 e. The van der Waals surface area contributed by atoms with Gasteiger partial charge in [-0.25, -0.2) is 4.99 Å². The average Bonchev–Trinajstić information content (AvgIpc) is 2.70. The van der Waals surface area contributed by atoms with Crippen molar-refractivity contribution >= 4 is 11.7 Å². The zero-order valence-corrected chi connectivity index (χ0v) is 10.7. The summed E-state index contributed by atoms with van der Waals surface area (Å²) in [7, 11) is 0. The number of benzene rings is 1. The Balaban J connectivity index is 2.41. The topological polar surface area (TPSA) is 73.3 Å². The van der Waals surface area contributed by atoms with Crippen LogP contribution in [0.2, 0.25) is 0 Å². The average molecular weight is 244 g/mol. The highest BCUT2D eigenvalue weighted by atomic mass is 16.5. The van der Waals surface area contributed by atoms with Gasteiger partial charge in [0.25, 0.3) is 0 Å². The van der Waals surface area contributed by atoms with Crippen molar-refractivity contribution in [3.8, 4) is 0 Å². The second kappa shape index (κ2) is 5.01. The molecule has 0 radical (unpaired) electrons. The van der Waals surface area contributed by atoms with Gasteiger partial charge in [-0.2, -0.15) is 5.10 Å². The molecule has 2 rings (SSSR count). The van der Waals surface area contributed by atoms with Crippen molar-refractivity contribution < 1.29 is 5.21 Å². The van der Waals surface area contributed by atoms with E-state index < -0.39 is 0 Å². The van der Waals surface area contributed by atoms with Crippen LogP contribution in [-0.4, -0.2) is 21.2 Å². The van der Waals surface area contributed by atoms with Crippen molar-refractivity contribution in [1.29, 1.82) is 0 Å². The van der Waals surface area contributed by atoms with Gasteiger partial charge in [0.05, 0.1) is 0 Å². The molecule has 0 saturated carbocycles. The maximum atomic E-state index is 9.21. The smallest absolute Gasteiger partial charge is 0.176 e. The Morgan fingerprint density at radius 1 is 1.17 bits per heavy atom. The molecule has 18 heavy (non-hydrogen) atoms. The number of nitrogens with one attached hydrogen (secondary N) is 2. The molecule has 0 spiro atoms. The van der Waals surface area contributed by atoms with Gasteiger partial charge >= 0.3 is 0 Å². The Labute approximate surface area is 106 Å². The van der Waals surface area contributed by atoms with E-state index in [1.807, 2.05) is 32.9 Å². The minimum atomic E-state index is 0.383. The lowest BCUT2D eigenvalue weighted by atomic mass is 10.1. The third-order valence-electron chi connectivity index (χ3n) is 2.52. The fourth-order valence-corrected chi connectivity index (χ4v) is 1.84. The summed E-state index contributed by atoms with van der Waals surface area (Å²) in [4.78, 5) is 4.26. The second-order valence-electron chi connectivity index (χ2n) is 4.36. The minimum Gasteiger partial charge on any atom is -0.290 e. The molecule has 0 aliphatic carbocycles. The lowest BCUT2D eigenvalue weighted by molar-refractivity contribution is 0.235. The van der Waals surface area contributed by atoms with Crippen LogP contribution in [0, 0.1) is 20.8 Å². The number of aryl methyl sites for hydroxylation is 3. The van der Waals surface area contributed by atoms with Crippen LogP contribution in [0.15, 0.2) is 29.3 Å². The molecule has 0 bridgehead atoms. The van der Waals surface area contributed by atoms with E-state index >= 15 is 0 Å². The van der Waals surface area contributed by atoms with Gasteiger partial charge in [0.1, 0.15) is 0 Å². The third-order valence-corrected chi connectivity index (χ3v) is 2.52. The monoisotopic (exact) mass is 244 g/mol. The molecule has 0 amide bonds. The predicted octanol–water partition coefficient (Wildman–Crippen LogP) is 2.39. The van der Waals surface area contributed by atoms with Crippen LogP contribution in [0.4, 0.5) is 5.82 Å². The van der Waals surface area contributed by atoms with Gasteiger partial charge in [-0.3, -0.25) is 15.8 Å². The fraction of sp³-hybridized carbons (Fsp3) is 0.231. The zero-order chi connectivity index (χ0) is 13.1.